The molecule has 1 heterocycles. The summed E-state index contributed by atoms with van der Waals surface area (Å²) in [6, 6.07) is 8.14. The van der Waals surface area contributed by atoms with Gasteiger partial charge in [-0.3, -0.25) is 4.79 Å². The molecular formula is C13H16BrNO. The summed E-state index contributed by atoms with van der Waals surface area (Å²) in [4.78, 5) is 11.8. The largest absolute Gasteiger partial charge is 0.356 e. The van der Waals surface area contributed by atoms with Gasteiger partial charge >= 0.3 is 0 Å². The zero-order valence-corrected chi connectivity index (χ0v) is 10.8. The average Bonchev–Trinajstić information content (AvgIpc) is 2.48. The molecule has 2 nitrogen and oxygen atoms in total. The molecule has 0 aromatic heterocycles. The second kappa shape index (κ2) is 5.48. The van der Waals surface area contributed by atoms with Gasteiger partial charge in [0.25, 0.3) is 0 Å². The van der Waals surface area contributed by atoms with Gasteiger partial charge < -0.3 is 5.32 Å². The monoisotopic (exact) mass is 281 g/mol. The Hall–Kier alpha value is -0.830. The summed E-state index contributed by atoms with van der Waals surface area (Å²) in [6.45, 7) is 0.839. The number of carbonyl (C=O) groups is 1. The SMILES string of the molecule is O=C1NCCCCC1Cc1ccccc1Br. The Morgan fingerprint density at radius 1 is 1.31 bits per heavy atom. The van der Waals surface area contributed by atoms with Gasteiger partial charge in [-0.2, -0.15) is 0 Å². The third kappa shape index (κ3) is 2.85. The van der Waals surface area contributed by atoms with Crippen molar-refractivity contribution >= 4 is 21.8 Å². The highest BCUT2D eigenvalue weighted by atomic mass is 79.9. The van der Waals surface area contributed by atoms with E-state index in [2.05, 4.69) is 27.3 Å². The Morgan fingerprint density at radius 2 is 2.12 bits per heavy atom. The van der Waals surface area contributed by atoms with Crippen LogP contribution in [0.4, 0.5) is 0 Å². The standard InChI is InChI=1S/C13H16BrNO/c14-12-7-2-1-5-10(12)9-11-6-3-4-8-15-13(11)16/h1-2,5,7,11H,3-4,6,8-9H2,(H,15,16). The molecule has 1 aliphatic rings. The third-order valence-electron chi connectivity index (χ3n) is 3.07. The molecule has 1 amide bonds. The quantitative estimate of drug-likeness (QED) is 0.888. The van der Waals surface area contributed by atoms with Crippen molar-refractivity contribution in [1.82, 2.24) is 5.32 Å². The first-order chi connectivity index (χ1) is 7.77. The number of amides is 1. The van der Waals surface area contributed by atoms with Crippen LogP contribution in [0.1, 0.15) is 24.8 Å². The number of benzene rings is 1. The lowest BCUT2D eigenvalue weighted by Crippen LogP contribution is -2.30. The van der Waals surface area contributed by atoms with Gasteiger partial charge in [0.05, 0.1) is 0 Å². The summed E-state index contributed by atoms with van der Waals surface area (Å²) in [7, 11) is 0. The number of carbonyl (C=O) groups excluding carboxylic acids is 1. The van der Waals surface area contributed by atoms with Gasteiger partial charge in [0.1, 0.15) is 0 Å². The second-order valence-corrected chi connectivity index (χ2v) is 5.13. The van der Waals surface area contributed by atoms with Gasteiger partial charge in [-0.05, 0) is 30.9 Å². The highest BCUT2D eigenvalue weighted by Gasteiger charge is 2.21. The van der Waals surface area contributed by atoms with Crippen LogP contribution in [0.3, 0.4) is 0 Å². The summed E-state index contributed by atoms with van der Waals surface area (Å²) in [6.07, 6.45) is 4.10. The van der Waals surface area contributed by atoms with Crippen molar-refractivity contribution in [2.45, 2.75) is 25.7 Å². The van der Waals surface area contributed by atoms with Crippen molar-refractivity contribution in [2.24, 2.45) is 5.92 Å². The molecule has 0 saturated carbocycles. The van der Waals surface area contributed by atoms with Crippen molar-refractivity contribution < 1.29 is 4.79 Å². The molecule has 86 valence electrons. The van der Waals surface area contributed by atoms with Crippen LogP contribution in [-0.4, -0.2) is 12.5 Å². The first kappa shape index (κ1) is 11.6. The zero-order valence-electron chi connectivity index (χ0n) is 9.21. The lowest BCUT2D eigenvalue weighted by atomic mass is 9.94. The molecule has 16 heavy (non-hydrogen) atoms. The predicted octanol–water partition coefficient (Wildman–Crippen LogP) is 2.91. The molecule has 1 atom stereocenters. The molecule has 1 unspecified atom stereocenters. The summed E-state index contributed by atoms with van der Waals surface area (Å²) in [5.74, 6) is 0.356. The molecule has 3 heteroatoms. The number of hydrogen-bond donors (Lipinski definition) is 1. The van der Waals surface area contributed by atoms with Crippen LogP contribution in [0.2, 0.25) is 0 Å². The van der Waals surface area contributed by atoms with Crippen LogP contribution < -0.4 is 5.32 Å². The number of rotatable bonds is 2. The van der Waals surface area contributed by atoms with Crippen molar-refractivity contribution in [3.05, 3.63) is 34.3 Å². The first-order valence-electron chi connectivity index (χ1n) is 5.78. The molecule has 1 aliphatic heterocycles. The van der Waals surface area contributed by atoms with Crippen molar-refractivity contribution in [3.63, 3.8) is 0 Å². The molecule has 0 spiro atoms. The fourth-order valence-electron chi connectivity index (χ4n) is 2.13. The zero-order chi connectivity index (χ0) is 11.4. The van der Waals surface area contributed by atoms with Crippen molar-refractivity contribution in [1.29, 1.82) is 0 Å². The fraction of sp³-hybridized carbons (Fsp3) is 0.462. The van der Waals surface area contributed by atoms with Crippen molar-refractivity contribution in [3.8, 4) is 0 Å². The van der Waals surface area contributed by atoms with Crippen LogP contribution in [0.5, 0.6) is 0 Å². The van der Waals surface area contributed by atoms with Crippen LogP contribution in [0, 0.1) is 5.92 Å². The summed E-state index contributed by atoms with van der Waals surface area (Å²) >= 11 is 3.53. The Morgan fingerprint density at radius 3 is 2.94 bits per heavy atom. The van der Waals surface area contributed by atoms with E-state index < -0.39 is 0 Å². The Balaban J connectivity index is 2.08. The maximum Gasteiger partial charge on any atom is 0.223 e. The topological polar surface area (TPSA) is 29.1 Å². The Kier molecular flexibility index (Phi) is 3.99. The highest BCUT2D eigenvalue weighted by molar-refractivity contribution is 9.10. The molecule has 1 saturated heterocycles. The molecule has 1 fully saturated rings. The van der Waals surface area contributed by atoms with E-state index in [1.807, 2.05) is 18.2 Å². The third-order valence-corrected chi connectivity index (χ3v) is 3.85. The van der Waals surface area contributed by atoms with Gasteiger partial charge in [-0.15, -0.1) is 0 Å². The molecule has 1 aromatic rings. The minimum absolute atomic E-state index is 0.140. The summed E-state index contributed by atoms with van der Waals surface area (Å²) in [5, 5.41) is 2.98. The maximum absolute atomic E-state index is 11.8. The minimum Gasteiger partial charge on any atom is -0.356 e. The van der Waals surface area contributed by atoms with E-state index >= 15 is 0 Å². The summed E-state index contributed by atoms with van der Waals surface area (Å²) < 4.78 is 1.10. The average molecular weight is 282 g/mol. The van der Waals surface area contributed by atoms with Crippen LogP contribution >= 0.6 is 15.9 Å². The molecule has 1 N–H and O–H groups in total. The molecular weight excluding hydrogens is 266 g/mol. The first-order valence-corrected chi connectivity index (χ1v) is 6.58. The number of halogens is 1. The van der Waals surface area contributed by atoms with Crippen LogP contribution in [0.15, 0.2) is 28.7 Å². The summed E-state index contributed by atoms with van der Waals surface area (Å²) in [5.41, 5.74) is 1.23. The van der Waals surface area contributed by atoms with E-state index in [0.29, 0.717) is 0 Å². The van der Waals surface area contributed by atoms with Crippen LogP contribution in [0.25, 0.3) is 0 Å². The number of nitrogens with one attached hydrogen (secondary N) is 1. The van der Waals surface area contributed by atoms with E-state index in [0.717, 1.165) is 36.7 Å². The Bertz CT molecular complexity index is 378. The molecule has 0 radical (unpaired) electrons. The lowest BCUT2D eigenvalue weighted by Gasteiger charge is -2.13. The fourth-order valence-corrected chi connectivity index (χ4v) is 2.57. The van der Waals surface area contributed by atoms with Gasteiger partial charge in [0, 0.05) is 16.9 Å². The van der Waals surface area contributed by atoms with Gasteiger partial charge in [0.15, 0.2) is 0 Å². The van der Waals surface area contributed by atoms with E-state index in [1.165, 1.54) is 5.56 Å². The van der Waals surface area contributed by atoms with E-state index in [4.69, 9.17) is 0 Å². The lowest BCUT2D eigenvalue weighted by molar-refractivity contribution is -0.124. The van der Waals surface area contributed by atoms with E-state index in [-0.39, 0.29) is 11.8 Å². The van der Waals surface area contributed by atoms with Gasteiger partial charge in [-0.25, -0.2) is 0 Å². The maximum atomic E-state index is 11.8. The smallest absolute Gasteiger partial charge is 0.223 e. The van der Waals surface area contributed by atoms with Gasteiger partial charge in [-0.1, -0.05) is 40.5 Å². The molecule has 0 aliphatic carbocycles. The molecule has 0 bridgehead atoms. The van der Waals surface area contributed by atoms with E-state index in [1.54, 1.807) is 0 Å². The predicted molar refractivity (Wildman–Crippen MR) is 68.2 cm³/mol. The number of hydrogen-bond acceptors (Lipinski definition) is 1. The molecule has 2 rings (SSSR count). The highest BCUT2D eigenvalue weighted by Crippen LogP contribution is 2.23. The van der Waals surface area contributed by atoms with Crippen molar-refractivity contribution in [2.75, 3.05) is 6.54 Å². The normalized spacial score (nSPS) is 21.3. The minimum atomic E-state index is 0.140. The molecule has 1 aromatic carbocycles. The Labute approximate surface area is 105 Å². The van der Waals surface area contributed by atoms with E-state index in [9.17, 15) is 4.79 Å². The van der Waals surface area contributed by atoms with Crippen LogP contribution in [-0.2, 0) is 11.2 Å². The second-order valence-electron chi connectivity index (χ2n) is 4.28. The van der Waals surface area contributed by atoms with Gasteiger partial charge in [0.2, 0.25) is 5.91 Å².